The van der Waals surface area contributed by atoms with Gasteiger partial charge in [0.15, 0.2) is 0 Å². The van der Waals surface area contributed by atoms with Gasteiger partial charge in [0.05, 0.1) is 27.2 Å². The molecule has 12 heteroatoms. The van der Waals surface area contributed by atoms with Crippen LogP contribution in [0.1, 0.15) is 36.1 Å². The number of nitrogens with one attached hydrogen (secondary N) is 1. The van der Waals surface area contributed by atoms with Crippen molar-refractivity contribution in [3.8, 4) is 11.1 Å². The molecule has 0 spiro atoms. The first-order valence-corrected chi connectivity index (χ1v) is 13.9. The van der Waals surface area contributed by atoms with Crippen molar-refractivity contribution in [1.29, 1.82) is 0 Å². The van der Waals surface area contributed by atoms with Gasteiger partial charge in [0, 0.05) is 13.1 Å². The Morgan fingerprint density at radius 2 is 1.81 bits per heavy atom. The third-order valence-corrected chi connectivity index (χ3v) is 9.30. The number of nitrogens with zero attached hydrogens (tertiary/aromatic N) is 4. The number of hydrogen-bond donors (Lipinski definition) is 2. The van der Waals surface area contributed by atoms with Crippen LogP contribution in [0.3, 0.4) is 0 Å². The number of hydrogen-bond acceptors (Lipinski definition) is 9. The normalized spacial score (nSPS) is 17.1. The molecule has 3 N–H and O–H groups in total. The SMILES string of the molecule is NC1(NC(=O)Cc2nnc(Cc3nc4ccc(-c5ccc(S(=O)(=O)N6CCC6)cc5)cc4s3)o2)CC1. The first-order valence-electron chi connectivity index (χ1n) is 11.7. The molecule has 1 aliphatic carbocycles. The van der Waals surface area contributed by atoms with Crippen LogP contribution < -0.4 is 11.1 Å². The summed E-state index contributed by atoms with van der Waals surface area (Å²) in [6.45, 7) is 1.17. The molecule has 1 amide bonds. The Bertz CT molecular complexity index is 1550. The van der Waals surface area contributed by atoms with Crippen LogP contribution in [0, 0.1) is 0 Å². The number of sulfonamides is 1. The van der Waals surface area contributed by atoms with E-state index in [0.717, 1.165) is 45.6 Å². The van der Waals surface area contributed by atoms with E-state index in [1.165, 1.54) is 15.6 Å². The fourth-order valence-electron chi connectivity index (χ4n) is 4.00. The van der Waals surface area contributed by atoms with E-state index in [-0.39, 0.29) is 18.2 Å². The van der Waals surface area contributed by atoms with Gasteiger partial charge in [-0.2, -0.15) is 4.31 Å². The van der Waals surface area contributed by atoms with Crippen LogP contribution in [-0.2, 0) is 27.7 Å². The lowest BCUT2D eigenvalue weighted by Crippen LogP contribution is -2.44. The minimum Gasteiger partial charge on any atom is -0.424 e. The molecule has 1 saturated carbocycles. The molecule has 3 heterocycles. The van der Waals surface area contributed by atoms with Crippen molar-refractivity contribution in [1.82, 2.24) is 24.8 Å². The molecule has 2 fully saturated rings. The van der Waals surface area contributed by atoms with Gasteiger partial charge in [0.2, 0.25) is 27.7 Å². The van der Waals surface area contributed by atoms with Gasteiger partial charge in [0.1, 0.15) is 11.4 Å². The molecule has 2 aliphatic rings. The summed E-state index contributed by atoms with van der Waals surface area (Å²) in [5.41, 5.74) is 8.09. The molecule has 2 aromatic heterocycles. The maximum absolute atomic E-state index is 12.6. The molecular formula is C24H24N6O4S2. The molecule has 10 nitrogen and oxygen atoms in total. The molecule has 0 atom stereocenters. The third-order valence-electron chi connectivity index (χ3n) is 6.37. The van der Waals surface area contributed by atoms with Gasteiger partial charge >= 0.3 is 0 Å². The molecule has 0 unspecified atom stereocenters. The highest BCUT2D eigenvalue weighted by Gasteiger charge is 2.39. The predicted molar refractivity (Wildman–Crippen MR) is 134 cm³/mol. The Balaban J connectivity index is 1.15. The highest BCUT2D eigenvalue weighted by Crippen LogP contribution is 2.31. The van der Waals surface area contributed by atoms with Crippen LogP contribution in [-0.4, -0.2) is 52.6 Å². The lowest BCUT2D eigenvalue weighted by atomic mass is 10.1. The lowest BCUT2D eigenvalue weighted by Gasteiger charge is -2.29. The van der Waals surface area contributed by atoms with Crippen molar-refractivity contribution in [3.63, 3.8) is 0 Å². The summed E-state index contributed by atoms with van der Waals surface area (Å²) in [6, 6.07) is 13.0. The van der Waals surface area contributed by atoms with Gasteiger partial charge in [-0.25, -0.2) is 13.4 Å². The highest BCUT2D eigenvalue weighted by molar-refractivity contribution is 7.89. The monoisotopic (exact) mass is 524 g/mol. The fraction of sp³-hybridized carbons (Fsp3) is 0.333. The van der Waals surface area contributed by atoms with Crippen LogP contribution in [0.4, 0.5) is 0 Å². The van der Waals surface area contributed by atoms with Crippen LogP contribution in [0.5, 0.6) is 0 Å². The van der Waals surface area contributed by atoms with Crippen LogP contribution in [0.25, 0.3) is 21.3 Å². The molecule has 4 aromatic rings. The average molecular weight is 525 g/mol. The third kappa shape index (κ3) is 4.64. The van der Waals surface area contributed by atoms with Gasteiger partial charge < -0.3 is 15.5 Å². The molecular weight excluding hydrogens is 500 g/mol. The predicted octanol–water partition coefficient (Wildman–Crippen LogP) is 2.44. The second-order valence-corrected chi connectivity index (χ2v) is 12.3. The molecule has 36 heavy (non-hydrogen) atoms. The van der Waals surface area contributed by atoms with Gasteiger partial charge in [-0.3, -0.25) is 4.79 Å². The molecule has 0 bridgehead atoms. The van der Waals surface area contributed by atoms with Gasteiger partial charge in [-0.05, 0) is 54.7 Å². The zero-order valence-electron chi connectivity index (χ0n) is 19.3. The zero-order valence-corrected chi connectivity index (χ0v) is 20.9. The van der Waals surface area contributed by atoms with Gasteiger partial charge in [0.25, 0.3) is 0 Å². The van der Waals surface area contributed by atoms with Crippen LogP contribution >= 0.6 is 11.3 Å². The van der Waals surface area contributed by atoms with E-state index in [0.29, 0.717) is 30.3 Å². The molecule has 1 aliphatic heterocycles. The smallest absolute Gasteiger partial charge is 0.243 e. The quantitative estimate of drug-likeness (QED) is 0.335. The first-order chi connectivity index (χ1) is 17.3. The van der Waals surface area contributed by atoms with Gasteiger partial charge in [-0.1, -0.05) is 18.2 Å². The number of fused-ring (bicyclic) bond motifs is 1. The Hall–Kier alpha value is -3.19. The number of rotatable bonds is 8. The summed E-state index contributed by atoms with van der Waals surface area (Å²) < 4.78 is 33.3. The number of benzene rings is 2. The van der Waals surface area contributed by atoms with Crippen molar-refractivity contribution in [2.45, 2.75) is 42.7 Å². The van der Waals surface area contributed by atoms with E-state index in [1.54, 1.807) is 12.1 Å². The number of nitrogens with two attached hydrogens (primary N) is 1. The maximum Gasteiger partial charge on any atom is 0.243 e. The van der Waals surface area contributed by atoms with Crippen molar-refractivity contribution in [2.75, 3.05) is 13.1 Å². The number of aromatic nitrogens is 3. The molecule has 6 rings (SSSR count). The number of thiazole rings is 1. The van der Waals surface area contributed by atoms with E-state index < -0.39 is 15.7 Å². The van der Waals surface area contributed by atoms with Crippen molar-refractivity contribution in [3.05, 3.63) is 59.3 Å². The molecule has 0 radical (unpaired) electrons. The fourth-order valence-corrected chi connectivity index (χ4v) is 6.52. The lowest BCUT2D eigenvalue weighted by molar-refractivity contribution is -0.121. The number of amides is 1. The standard InChI is InChI=1S/C24H24N6O4S2/c25-24(8-9-24)27-20(31)13-21-28-29-22(34-21)14-23-26-18-7-4-16(12-19(18)35-23)15-2-5-17(6-3-15)36(32,33)30-10-1-11-30/h2-7,12H,1,8-11,13-14,25H2,(H,27,31). The van der Waals surface area contributed by atoms with E-state index in [9.17, 15) is 13.2 Å². The van der Waals surface area contributed by atoms with Crippen LogP contribution in [0.15, 0.2) is 51.8 Å². The van der Waals surface area contributed by atoms with Crippen molar-refractivity contribution >= 4 is 37.5 Å². The van der Waals surface area contributed by atoms with E-state index in [4.69, 9.17) is 10.2 Å². The van der Waals surface area contributed by atoms with Crippen LogP contribution in [0.2, 0.25) is 0 Å². The minimum atomic E-state index is -3.40. The van der Waals surface area contributed by atoms with E-state index >= 15 is 0 Å². The van der Waals surface area contributed by atoms with Crippen molar-refractivity contribution < 1.29 is 17.6 Å². The first kappa shape index (κ1) is 23.2. The summed E-state index contributed by atoms with van der Waals surface area (Å²) in [4.78, 5) is 17.0. The summed E-state index contributed by atoms with van der Waals surface area (Å²) in [7, 11) is -3.40. The second kappa shape index (κ2) is 8.73. The second-order valence-electron chi connectivity index (χ2n) is 9.22. The molecule has 2 aromatic carbocycles. The van der Waals surface area contributed by atoms with E-state index in [1.807, 2.05) is 30.3 Å². The Morgan fingerprint density at radius 1 is 1.08 bits per heavy atom. The maximum atomic E-state index is 12.6. The summed E-state index contributed by atoms with van der Waals surface area (Å²) >= 11 is 1.52. The Labute approximate surface area is 211 Å². The Morgan fingerprint density at radius 3 is 2.50 bits per heavy atom. The van der Waals surface area contributed by atoms with Gasteiger partial charge in [-0.15, -0.1) is 21.5 Å². The number of carbonyl (C=O) groups excluding carboxylic acids is 1. The number of carbonyl (C=O) groups is 1. The summed E-state index contributed by atoms with van der Waals surface area (Å²) in [5.74, 6) is 0.406. The Kier molecular flexibility index (Phi) is 5.63. The summed E-state index contributed by atoms with van der Waals surface area (Å²) in [6.07, 6.45) is 2.83. The topological polar surface area (TPSA) is 144 Å². The minimum absolute atomic E-state index is 0.00667. The molecule has 1 saturated heterocycles. The summed E-state index contributed by atoms with van der Waals surface area (Å²) in [5, 5.41) is 11.6. The van der Waals surface area contributed by atoms with E-state index in [2.05, 4.69) is 20.5 Å². The highest BCUT2D eigenvalue weighted by atomic mass is 32.2. The zero-order chi connectivity index (χ0) is 24.9. The largest absolute Gasteiger partial charge is 0.424 e. The van der Waals surface area contributed by atoms with Crippen molar-refractivity contribution in [2.24, 2.45) is 5.73 Å². The average Bonchev–Trinajstić information content (AvgIpc) is 3.17. The molecule has 186 valence electrons.